The largest absolute Gasteiger partial charge is 0.246 e. The molecule has 2 aromatic rings. The first-order chi connectivity index (χ1) is 8.54. The highest BCUT2D eigenvalue weighted by molar-refractivity contribution is 7.88. The number of benzene rings is 1. The van der Waals surface area contributed by atoms with Crippen molar-refractivity contribution in [3.05, 3.63) is 54.2 Å². The van der Waals surface area contributed by atoms with Crippen molar-refractivity contribution in [2.45, 2.75) is 6.54 Å². The molecule has 1 radical (unpaired) electrons. The Labute approximate surface area is 107 Å². The van der Waals surface area contributed by atoms with Crippen LogP contribution in [-0.2, 0) is 16.6 Å². The van der Waals surface area contributed by atoms with Crippen LogP contribution in [0.15, 0.2) is 42.5 Å². The van der Waals surface area contributed by atoms with Gasteiger partial charge in [0.15, 0.2) is 0 Å². The van der Waals surface area contributed by atoms with E-state index >= 15 is 0 Å². The topological polar surface area (TPSA) is 59.1 Å². The molecule has 4 nitrogen and oxygen atoms in total. The second-order valence-corrected chi connectivity index (χ2v) is 5.78. The van der Waals surface area contributed by atoms with Gasteiger partial charge in [0.2, 0.25) is 10.0 Å². The molecular weight excluding hydrogens is 248 g/mol. The zero-order valence-electron chi connectivity index (χ0n) is 9.92. The molecule has 0 amide bonds. The fourth-order valence-electron chi connectivity index (χ4n) is 1.49. The Balaban J connectivity index is 2.11. The van der Waals surface area contributed by atoms with Gasteiger partial charge in [-0.3, -0.25) is 0 Å². The van der Waals surface area contributed by atoms with Crippen LogP contribution >= 0.6 is 0 Å². The van der Waals surface area contributed by atoms with E-state index in [-0.39, 0.29) is 0 Å². The highest BCUT2D eigenvalue weighted by atomic mass is 32.2. The Morgan fingerprint density at radius 3 is 2.50 bits per heavy atom. The van der Waals surface area contributed by atoms with Crippen LogP contribution in [0.25, 0.3) is 11.3 Å². The lowest BCUT2D eigenvalue weighted by atomic mass is 10.1. The molecule has 0 fully saturated rings. The van der Waals surface area contributed by atoms with E-state index in [1.807, 2.05) is 36.4 Å². The molecule has 93 valence electrons. The van der Waals surface area contributed by atoms with Crippen LogP contribution in [0.3, 0.4) is 0 Å². The second kappa shape index (κ2) is 5.29. The summed E-state index contributed by atoms with van der Waals surface area (Å²) >= 11 is 0. The van der Waals surface area contributed by atoms with Crippen molar-refractivity contribution in [1.82, 2.24) is 9.71 Å². The average Bonchev–Trinajstić information content (AvgIpc) is 2.37. The molecule has 1 aromatic carbocycles. The molecule has 1 N–H and O–H groups in total. The van der Waals surface area contributed by atoms with E-state index in [0.717, 1.165) is 23.1 Å². The molecular formula is C13H13N2O2S. The highest BCUT2D eigenvalue weighted by Crippen LogP contribution is 2.16. The number of nitrogens with zero attached hydrogens (tertiary/aromatic N) is 1. The average molecular weight is 261 g/mol. The van der Waals surface area contributed by atoms with E-state index in [9.17, 15) is 8.42 Å². The number of rotatable bonds is 4. The molecule has 5 heteroatoms. The summed E-state index contributed by atoms with van der Waals surface area (Å²) < 4.78 is 24.4. The summed E-state index contributed by atoms with van der Waals surface area (Å²) in [7, 11) is -3.15. The minimum absolute atomic E-state index is 0.299. The summed E-state index contributed by atoms with van der Waals surface area (Å²) in [5.74, 6) is 0. The van der Waals surface area contributed by atoms with Gasteiger partial charge in [0.05, 0.1) is 18.1 Å². The van der Waals surface area contributed by atoms with E-state index < -0.39 is 10.0 Å². The summed E-state index contributed by atoms with van der Waals surface area (Å²) in [4.78, 5) is 4.13. The van der Waals surface area contributed by atoms with Crippen LogP contribution in [-0.4, -0.2) is 19.7 Å². The maximum Gasteiger partial charge on any atom is 0.209 e. The Bertz CT molecular complexity index is 607. The lowest BCUT2D eigenvalue weighted by molar-refractivity contribution is 0.587. The van der Waals surface area contributed by atoms with Gasteiger partial charge in [0.25, 0.3) is 0 Å². The van der Waals surface area contributed by atoms with Crippen LogP contribution in [0.2, 0.25) is 0 Å². The first kappa shape index (κ1) is 12.7. The van der Waals surface area contributed by atoms with Crippen LogP contribution in [0.1, 0.15) is 5.56 Å². The van der Waals surface area contributed by atoms with E-state index in [1.165, 1.54) is 0 Å². The van der Waals surface area contributed by atoms with Gasteiger partial charge < -0.3 is 0 Å². The minimum Gasteiger partial charge on any atom is -0.246 e. The van der Waals surface area contributed by atoms with Gasteiger partial charge in [-0.05, 0) is 17.7 Å². The first-order valence-corrected chi connectivity index (χ1v) is 7.31. The van der Waals surface area contributed by atoms with E-state index in [2.05, 4.69) is 15.9 Å². The van der Waals surface area contributed by atoms with Crippen molar-refractivity contribution in [3.8, 4) is 11.3 Å². The second-order valence-electron chi connectivity index (χ2n) is 3.94. The molecule has 0 unspecified atom stereocenters. The lowest BCUT2D eigenvalue weighted by Gasteiger charge is -2.04. The maximum absolute atomic E-state index is 11.0. The van der Waals surface area contributed by atoms with Crippen molar-refractivity contribution >= 4 is 10.0 Å². The summed E-state index contributed by atoms with van der Waals surface area (Å²) in [5.41, 5.74) is 2.74. The summed E-state index contributed by atoms with van der Waals surface area (Å²) in [6.45, 7) is 0.299. The molecule has 0 aliphatic rings. The molecule has 0 spiro atoms. The van der Waals surface area contributed by atoms with E-state index in [0.29, 0.717) is 6.54 Å². The normalized spacial score (nSPS) is 11.4. The Morgan fingerprint density at radius 1 is 1.22 bits per heavy atom. The van der Waals surface area contributed by atoms with Crippen molar-refractivity contribution < 1.29 is 8.42 Å². The molecule has 0 bridgehead atoms. The molecule has 0 saturated carbocycles. The third-order valence-corrected chi connectivity index (χ3v) is 3.07. The monoisotopic (exact) mass is 261 g/mol. The number of nitrogens with one attached hydrogen (secondary N) is 1. The molecule has 1 heterocycles. The molecule has 0 aliphatic heterocycles. The lowest BCUT2D eigenvalue weighted by Crippen LogP contribution is -2.21. The van der Waals surface area contributed by atoms with Crippen molar-refractivity contribution in [2.24, 2.45) is 0 Å². The Hall–Kier alpha value is -1.72. The number of aromatic nitrogens is 1. The van der Waals surface area contributed by atoms with Crippen LogP contribution in [0.4, 0.5) is 0 Å². The van der Waals surface area contributed by atoms with Crippen LogP contribution in [0.5, 0.6) is 0 Å². The standard InChI is InChI=1S/C13H13N2O2S/c1-18(16,17)15-10-11-5-7-12(8-6-11)13-4-2-3-9-14-13/h2-8,15H,10H2,1H3. The zero-order chi connectivity index (χ0) is 13.0. The summed E-state index contributed by atoms with van der Waals surface area (Å²) in [6, 6.07) is 13.1. The minimum atomic E-state index is -3.15. The Morgan fingerprint density at radius 2 is 1.94 bits per heavy atom. The number of sulfonamides is 1. The molecule has 2 rings (SSSR count). The maximum atomic E-state index is 11.0. The predicted molar refractivity (Wildman–Crippen MR) is 70.2 cm³/mol. The smallest absolute Gasteiger partial charge is 0.209 e. The van der Waals surface area contributed by atoms with Gasteiger partial charge in [-0.1, -0.05) is 30.3 Å². The Kier molecular flexibility index (Phi) is 3.74. The van der Waals surface area contributed by atoms with Gasteiger partial charge in [-0.2, -0.15) is 0 Å². The van der Waals surface area contributed by atoms with E-state index in [4.69, 9.17) is 0 Å². The molecule has 0 atom stereocenters. The fourth-order valence-corrected chi connectivity index (χ4v) is 1.92. The van der Waals surface area contributed by atoms with Gasteiger partial charge >= 0.3 is 0 Å². The fraction of sp³-hybridized carbons (Fsp3) is 0.154. The molecule has 0 saturated heterocycles. The SMILES string of the molecule is CS(=O)(=O)NCc1ccc(-c2ccc[c]n2)cc1. The predicted octanol–water partition coefficient (Wildman–Crippen LogP) is 1.60. The molecule has 1 aromatic heterocycles. The van der Waals surface area contributed by atoms with Gasteiger partial charge in [-0.15, -0.1) is 0 Å². The van der Waals surface area contributed by atoms with Gasteiger partial charge in [-0.25, -0.2) is 18.1 Å². The first-order valence-electron chi connectivity index (χ1n) is 5.42. The van der Waals surface area contributed by atoms with E-state index in [1.54, 1.807) is 6.07 Å². The van der Waals surface area contributed by atoms with Crippen molar-refractivity contribution in [1.29, 1.82) is 0 Å². The summed E-state index contributed by atoms with van der Waals surface area (Å²) in [6.07, 6.45) is 3.92. The number of hydrogen-bond acceptors (Lipinski definition) is 3. The quantitative estimate of drug-likeness (QED) is 0.909. The van der Waals surface area contributed by atoms with Crippen LogP contribution in [0, 0.1) is 6.20 Å². The van der Waals surface area contributed by atoms with Gasteiger partial charge in [0.1, 0.15) is 0 Å². The molecule has 18 heavy (non-hydrogen) atoms. The zero-order valence-corrected chi connectivity index (χ0v) is 10.7. The van der Waals surface area contributed by atoms with Crippen LogP contribution < -0.4 is 4.72 Å². The number of hydrogen-bond donors (Lipinski definition) is 1. The third kappa shape index (κ3) is 3.65. The van der Waals surface area contributed by atoms with Gasteiger partial charge in [0, 0.05) is 12.1 Å². The number of pyridine rings is 1. The summed E-state index contributed by atoms with van der Waals surface area (Å²) in [5, 5.41) is 0. The molecule has 0 aliphatic carbocycles. The van der Waals surface area contributed by atoms with Crippen molar-refractivity contribution in [3.63, 3.8) is 0 Å². The van der Waals surface area contributed by atoms with Crippen molar-refractivity contribution in [2.75, 3.05) is 6.26 Å². The highest BCUT2D eigenvalue weighted by Gasteiger charge is 2.02. The third-order valence-electron chi connectivity index (χ3n) is 2.40.